The Bertz CT molecular complexity index is 452. The first kappa shape index (κ1) is 11.9. The molecule has 2 N–H and O–H groups in total. The largest absolute Gasteiger partial charge is 0.505 e. The Labute approximate surface area is 98.9 Å². The first-order chi connectivity index (χ1) is 8.00. The first-order valence-corrected chi connectivity index (χ1v) is 5.70. The van der Waals surface area contributed by atoms with Gasteiger partial charge >= 0.3 is 5.97 Å². The van der Waals surface area contributed by atoms with Gasteiger partial charge in [0, 0.05) is 11.5 Å². The van der Waals surface area contributed by atoms with E-state index < -0.39 is 11.8 Å². The van der Waals surface area contributed by atoms with Gasteiger partial charge in [-0.15, -0.1) is 0 Å². The van der Waals surface area contributed by atoms with Crippen LogP contribution in [0.3, 0.4) is 0 Å². The summed E-state index contributed by atoms with van der Waals surface area (Å²) in [5.74, 6) is -1.99. The molecule has 1 aromatic rings. The Morgan fingerprint density at radius 2 is 2.18 bits per heavy atom. The van der Waals surface area contributed by atoms with E-state index in [0.717, 1.165) is 18.4 Å². The lowest BCUT2D eigenvalue weighted by atomic mass is 9.87. The van der Waals surface area contributed by atoms with Crippen LogP contribution >= 0.6 is 0 Å². The second-order valence-electron chi connectivity index (χ2n) is 4.67. The fraction of sp³-hybridized carbons (Fsp3) is 0.462. The van der Waals surface area contributed by atoms with Crippen molar-refractivity contribution in [3.05, 3.63) is 29.1 Å². The minimum atomic E-state index is -0.912. The van der Waals surface area contributed by atoms with Crippen molar-refractivity contribution in [1.29, 1.82) is 0 Å². The molecule has 92 valence electrons. The van der Waals surface area contributed by atoms with E-state index in [4.69, 9.17) is 5.11 Å². The minimum absolute atomic E-state index is 0.0531. The number of hydrogen-bond donors (Lipinski definition) is 2. The second-order valence-corrected chi connectivity index (χ2v) is 4.67. The zero-order valence-electron chi connectivity index (χ0n) is 9.61. The molecule has 2 rings (SSSR count). The number of halogens is 1. The third kappa shape index (κ3) is 2.40. The highest BCUT2D eigenvalue weighted by atomic mass is 19.1. The molecule has 1 aliphatic carbocycles. The van der Waals surface area contributed by atoms with Crippen molar-refractivity contribution in [2.24, 2.45) is 5.92 Å². The van der Waals surface area contributed by atoms with Crippen molar-refractivity contribution in [1.82, 2.24) is 0 Å². The second kappa shape index (κ2) is 4.35. The van der Waals surface area contributed by atoms with E-state index in [1.54, 1.807) is 13.0 Å². The number of carbonyl (C=O) groups is 1. The lowest BCUT2D eigenvalue weighted by Gasteiger charge is -2.18. The summed E-state index contributed by atoms with van der Waals surface area (Å²) < 4.78 is 13.3. The maximum Gasteiger partial charge on any atom is 0.303 e. The highest BCUT2D eigenvalue weighted by Crippen LogP contribution is 2.48. The number of phenols is 1. The summed E-state index contributed by atoms with van der Waals surface area (Å²) in [5.41, 5.74) is 1.22. The Balaban J connectivity index is 2.41. The highest BCUT2D eigenvalue weighted by molar-refractivity contribution is 5.68. The van der Waals surface area contributed by atoms with E-state index >= 15 is 0 Å². The maximum absolute atomic E-state index is 13.3. The number of aliphatic carboxylic acids is 1. The summed E-state index contributed by atoms with van der Waals surface area (Å²) in [5, 5.41) is 18.7. The van der Waals surface area contributed by atoms with Gasteiger partial charge in [-0.1, -0.05) is 6.07 Å². The molecule has 0 heterocycles. The number of aryl methyl sites for hydroxylation is 1. The predicted molar refractivity (Wildman–Crippen MR) is 60.5 cm³/mol. The van der Waals surface area contributed by atoms with Crippen LogP contribution in [0.2, 0.25) is 0 Å². The van der Waals surface area contributed by atoms with Crippen molar-refractivity contribution >= 4 is 5.97 Å². The molecule has 0 amide bonds. The lowest BCUT2D eigenvalue weighted by Crippen LogP contribution is -2.10. The van der Waals surface area contributed by atoms with E-state index in [9.17, 15) is 14.3 Å². The van der Waals surface area contributed by atoms with Gasteiger partial charge in [-0.05, 0) is 37.3 Å². The van der Waals surface area contributed by atoms with E-state index in [-0.39, 0.29) is 24.0 Å². The monoisotopic (exact) mass is 238 g/mol. The molecule has 1 unspecified atom stereocenters. The van der Waals surface area contributed by atoms with Crippen LogP contribution in [0.1, 0.15) is 36.3 Å². The van der Waals surface area contributed by atoms with Crippen LogP contribution in [-0.4, -0.2) is 16.2 Å². The lowest BCUT2D eigenvalue weighted by molar-refractivity contribution is -0.137. The van der Waals surface area contributed by atoms with Crippen molar-refractivity contribution < 1.29 is 19.4 Å². The number of carboxylic acid groups (broad SMARTS) is 1. The van der Waals surface area contributed by atoms with Crippen LogP contribution in [0.5, 0.6) is 5.75 Å². The normalized spacial score (nSPS) is 16.8. The van der Waals surface area contributed by atoms with Gasteiger partial charge in [0.05, 0.1) is 6.42 Å². The zero-order valence-corrected chi connectivity index (χ0v) is 9.61. The molecule has 1 saturated carbocycles. The van der Waals surface area contributed by atoms with Gasteiger partial charge in [-0.25, -0.2) is 4.39 Å². The summed E-state index contributed by atoms with van der Waals surface area (Å²) in [6.45, 7) is 1.77. The van der Waals surface area contributed by atoms with Gasteiger partial charge in [0.15, 0.2) is 11.6 Å². The van der Waals surface area contributed by atoms with E-state index in [0.29, 0.717) is 5.56 Å². The molecule has 1 aromatic carbocycles. The van der Waals surface area contributed by atoms with Crippen LogP contribution in [-0.2, 0) is 4.79 Å². The number of aromatic hydroxyl groups is 1. The molecule has 0 bridgehead atoms. The molecule has 0 aliphatic heterocycles. The topological polar surface area (TPSA) is 57.5 Å². The van der Waals surface area contributed by atoms with Gasteiger partial charge in [0.1, 0.15) is 0 Å². The standard InChI is InChI=1S/C13H15FO3/c1-7-2-5-10(14)13(17)12(7)9(6-11(15)16)8-3-4-8/h2,5,8-9,17H,3-4,6H2,1H3,(H,15,16). The molecule has 1 atom stereocenters. The average molecular weight is 238 g/mol. The molecule has 3 nitrogen and oxygen atoms in total. The fourth-order valence-electron chi connectivity index (χ4n) is 2.34. The van der Waals surface area contributed by atoms with Crippen LogP contribution in [0.25, 0.3) is 0 Å². The van der Waals surface area contributed by atoms with Gasteiger partial charge in [-0.2, -0.15) is 0 Å². The van der Waals surface area contributed by atoms with Gasteiger partial charge in [0.2, 0.25) is 0 Å². The van der Waals surface area contributed by atoms with Crippen LogP contribution in [0.4, 0.5) is 4.39 Å². The summed E-state index contributed by atoms with van der Waals surface area (Å²) in [7, 11) is 0. The zero-order chi connectivity index (χ0) is 12.6. The van der Waals surface area contributed by atoms with Crippen LogP contribution in [0, 0.1) is 18.7 Å². The van der Waals surface area contributed by atoms with Crippen molar-refractivity contribution in [2.45, 2.75) is 32.1 Å². The molecule has 0 saturated heterocycles. The maximum atomic E-state index is 13.3. The Kier molecular flexibility index (Phi) is 3.05. The SMILES string of the molecule is Cc1ccc(F)c(O)c1C(CC(=O)O)C1CC1. The molecule has 0 aromatic heterocycles. The average Bonchev–Trinajstić information content (AvgIpc) is 3.06. The van der Waals surface area contributed by atoms with Crippen LogP contribution < -0.4 is 0 Å². The predicted octanol–water partition coefficient (Wildman–Crippen LogP) is 2.81. The first-order valence-electron chi connectivity index (χ1n) is 5.70. The van der Waals surface area contributed by atoms with Crippen LogP contribution in [0.15, 0.2) is 12.1 Å². The summed E-state index contributed by atoms with van der Waals surface area (Å²) in [6, 6.07) is 2.79. The molecule has 0 radical (unpaired) electrons. The number of phenolic OH excluding ortho intramolecular Hbond substituents is 1. The van der Waals surface area contributed by atoms with Crippen molar-refractivity contribution in [3.63, 3.8) is 0 Å². The molecule has 1 aliphatic rings. The molecule has 17 heavy (non-hydrogen) atoms. The summed E-state index contributed by atoms with van der Waals surface area (Å²) in [4.78, 5) is 10.8. The van der Waals surface area contributed by atoms with E-state index in [1.807, 2.05) is 0 Å². The van der Waals surface area contributed by atoms with Gasteiger partial charge in [-0.3, -0.25) is 4.79 Å². The molecule has 1 fully saturated rings. The summed E-state index contributed by atoms with van der Waals surface area (Å²) in [6.07, 6.45) is 1.85. The van der Waals surface area contributed by atoms with Gasteiger partial charge < -0.3 is 10.2 Å². The number of carboxylic acids is 1. The Morgan fingerprint density at radius 3 is 2.71 bits per heavy atom. The minimum Gasteiger partial charge on any atom is -0.505 e. The third-order valence-electron chi connectivity index (χ3n) is 3.34. The van der Waals surface area contributed by atoms with E-state index in [1.165, 1.54) is 6.07 Å². The molecule has 4 heteroatoms. The van der Waals surface area contributed by atoms with Crippen molar-refractivity contribution in [2.75, 3.05) is 0 Å². The Hall–Kier alpha value is -1.58. The number of hydrogen-bond acceptors (Lipinski definition) is 2. The Morgan fingerprint density at radius 1 is 1.53 bits per heavy atom. The molecule has 0 spiro atoms. The number of benzene rings is 1. The van der Waals surface area contributed by atoms with Gasteiger partial charge in [0.25, 0.3) is 0 Å². The third-order valence-corrected chi connectivity index (χ3v) is 3.34. The smallest absolute Gasteiger partial charge is 0.303 e. The fourth-order valence-corrected chi connectivity index (χ4v) is 2.34. The number of rotatable bonds is 4. The molecular formula is C13H15FO3. The highest BCUT2D eigenvalue weighted by Gasteiger charge is 2.36. The van der Waals surface area contributed by atoms with Crippen molar-refractivity contribution in [3.8, 4) is 5.75 Å². The molecular weight excluding hydrogens is 223 g/mol. The quantitative estimate of drug-likeness (QED) is 0.848. The summed E-state index contributed by atoms with van der Waals surface area (Å²) >= 11 is 0. The van der Waals surface area contributed by atoms with E-state index in [2.05, 4.69) is 0 Å².